The Morgan fingerprint density at radius 1 is 1.23 bits per heavy atom. The van der Waals surface area contributed by atoms with Crippen molar-refractivity contribution in [2.75, 3.05) is 11.4 Å². The average molecular weight is 315 g/mol. The number of para-hydroxylation sites is 1. The van der Waals surface area contributed by atoms with Crippen LogP contribution in [0.4, 0.5) is 10.5 Å². The number of carbonyl (C=O) groups excluding carboxylic acids is 2. The number of rotatable bonds is 4. The molecule has 1 aromatic carbocycles. The lowest BCUT2D eigenvalue weighted by Gasteiger charge is -2.17. The van der Waals surface area contributed by atoms with E-state index in [1.807, 2.05) is 47.8 Å². The van der Waals surface area contributed by atoms with Crippen molar-refractivity contribution in [3.05, 3.63) is 52.7 Å². The third-order valence-electron chi connectivity index (χ3n) is 3.53. The molecule has 3 amide bonds. The van der Waals surface area contributed by atoms with Gasteiger partial charge in [-0.25, -0.2) is 4.79 Å². The molecule has 1 fully saturated rings. The number of carbonyl (C=O) groups is 2. The van der Waals surface area contributed by atoms with Gasteiger partial charge in [-0.05, 0) is 23.6 Å². The molecule has 1 atom stereocenters. The number of benzene rings is 1. The number of nitrogens with one attached hydrogen (secondary N) is 2. The van der Waals surface area contributed by atoms with Crippen molar-refractivity contribution in [3.63, 3.8) is 0 Å². The van der Waals surface area contributed by atoms with Crippen LogP contribution in [0.2, 0.25) is 0 Å². The van der Waals surface area contributed by atoms with Crippen LogP contribution in [0, 0.1) is 0 Å². The number of nitrogens with zero attached hydrogens (tertiary/aromatic N) is 1. The molecule has 1 aliphatic heterocycles. The van der Waals surface area contributed by atoms with Crippen LogP contribution in [0.3, 0.4) is 0 Å². The van der Waals surface area contributed by atoms with Crippen LogP contribution in [0.1, 0.15) is 11.3 Å². The summed E-state index contributed by atoms with van der Waals surface area (Å²) in [5.41, 5.74) is 0.871. The highest BCUT2D eigenvalue weighted by molar-refractivity contribution is 7.09. The minimum atomic E-state index is -0.235. The molecule has 2 heterocycles. The van der Waals surface area contributed by atoms with Crippen LogP contribution in [0.25, 0.3) is 0 Å². The molecule has 1 aromatic heterocycles. The topological polar surface area (TPSA) is 61.4 Å². The number of hydrogen-bond donors (Lipinski definition) is 2. The van der Waals surface area contributed by atoms with Gasteiger partial charge in [0.15, 0.2) is 0 Å². The Kier molecular flexibility index (Phi) is 4.39. The molecule has 1 saturated heterocycles. The van der Waals surface area contributed by atoms with E-state index >= 15 is 0 Å². The number of anilines is 1. The quantitative estimate of drug-likeness (QED) is 0.910. The summed E-state index contributed by atoms with van der Waals surface area (Å²) >= 11 is 1.60. The van der Waals surface area contributed by atoms with Gasteiger partial charge in [0, 0.05) is 23.5 Å². The van der Waals surface area contributed by atoms with Gasteiger partial charge in [0.25, 0.3) is 0 Å². The second-order valence-corrected chi connectivity index (χ2v) is 6.18. The lowest BCUT2D eigenvalue weighted by Crippen LogP contribution is -2.43. The van der Waals surface area contributed by atoms with Gasteiger partial charge in [-0.3, -0.25) is 4.79 Å². The Bertz CT molecular complexity index is 643. The first kappa shape index (κ1) is 14.6. The molecule has 3 rings (SSSR count). The van der Waals surface area contributed by atoms with Crippen LogP contribution in [-0.2, 0) is 11.3 Å². The van der Waals surface area contributed by atoms with Gasteiger partial charge in [-0.2, -0.15) is 0 Å². The second kappa shape index (κ2) is 6.62. The molecule has 1 aliphatic rings. The molecule has 2 aromatic rings. The second-order valence-electron chi connectivity index (χ2n) is 5.15. The van der Waals surface area contributed by atoms with Crippen molar-refractivity contribution in [2.45, 2.75) is 19.0 Å². The molecule has 0 spiro atoms. The highest BCUT2D eigenvalue weighted by atomic mass is 32.1. The van der Waals surface area contributed by atoms with Crippen LogP contribution in [0.5, 0.6) is 0 Å². The highest BCUT2D eigenvalue weighted by Crippen LogP contribution is 2.20. The molecule has 1 unspecified atom stereocenters. The first-order valence-electron chi connectivity index (χ1n) is 7.14. The van der Waals surface area contributed by atoms with E-state index in [2.05, 4.69) is 10.6 Å². The zero-order valence-corrected chi connectivity index (χ0v) is 12.8. The minimum absolute atomic E-state index is 0.0368. The molecular weight excluding hydrogens is 298 g/mol. The lowest BCUT2D eigenvalue weighted by molar-refractivity contribution is -0.117. The molecule has 0 saturated carbocycles. The summed E-state index contributed by atoms with van der Waals surface area (Å²) in [7, 11) is 0. The van der Waals surface area contributed by atoms with Crippen molar-refractivity contribution < 1.29 is 9.59 Å². The van der Waals surface area contributed by atoms with Gasteiger partial charge in [-0.1, -0.05) is 24.3 Å². The molecule has 114 valence electrons. The van der Waals surface area contributed by atoms with E-state index in [1.165, 1.54) is 0 Å². The van der Waals surface area contributed by atoms with Crippen molar-refractivity contribution in [2.24, 2.45) is 0 Å². The van der Waals surface area contributed by atoms with E-state index < -0.39 is 0 Å². The van der Waals surface area contributed by atoms with E-state index in [-0.39, 0.29) is 18.0 Å². The Labute approximate surface area is 132 Å². The maximum absolute atomic E-state index is 12.1. The molecule has 0 aliphatic carbocycles. The van der Waals surface area contributed by atoms with Crippen LogP contribution in [-0.4, -0.2) is 24.5 Å². The fourth-order valence-electron chi connectivity index (χ4n) is 2.48. The first-order chi connectivity index (χ1) is 10.7. The lowest BCUT2D eigenvalue weighted by atomic mass is 10.2. The van der Waals surface area contributed by atoms with Crippen molar-refractivity contribution >= 4 is 29.0 Å². The number of hydrogen-bond acceptors (Lipinski definition) is 3. The fraction of sp³-hybridized carbons (Fsp3) is 0.250. The Morgan fingerprint density at radius 3 is 2.77 bits per heavy atom. The van der Waals surface area contributed by atoms with Gasteiger partial charge in [-0.15, -0.1) is 11.3 Å². The smallest absolute Gasteiger partial charge is 0.315 e. The molecule has 2 N–H and O–H groups in total. The van der Waals surface area contributed by atoms with E-state index in [0.29, 0.717) is 19.5 Å². The van der Waals surface area contributed by atoms with E-state index in [9.17, 15) is 9.59 Å². The summed E-state index contributed by atoms with van der Waals surface area (Å²) in [6.45, 7) is 1.02. The predicted octanol–water partition coefficient (Wildman–Crippen LogP) is 2.35. The van der Waals surface area contributed by atoms with Gasteiger partial charge in [0.2, 0.25) is 5.91 Å². The molecule has 6 heteroatoms. The maximum Gasteiger partial charge on any atom is 0.315 e. The maximum atomic E-state index is 12.1. The zero-order valence-electron chi connectivity index (χ0n) is 12.0. The predicted molar refractivity (Wildman–Crippen MR) is 86.9 cm³/mol. The summed E-state index contributed by atoms with van der Waals surface area (Å²) in [5.74, 6) is 0.0368. The van der Waals surface area contributed by atoms with Gasteiger partial charge >= 0.3 is 6.03 Å². The summed E-state index contributed by atoms with van der Waals surface area (Å²) in [6.07, 6.45) is 0.335. The summed E-state index contributed by atoms with van der Waals surface area (Å²) in [5, 5.41) is 7.65. The normalized spacial score (nSPS) is 17.5. The number of thiophene rings is 1. The van der Waals surface area contributed by atoms with Crippen molar-refractivity contribution in [1.29, 1.82) is 0 Å². The molecule has 22 heavy (non-hydrogen) atoms. The van der Waals surface area contributed by atoms with Crippen molar-refractivity contribution in [1.82, 2.24) is 10.6 Å². The molecular formula is C16H17N3O2S. The van der Waals surface area contributed by atoms with Crippen LogP contribution >= 0.6 is 11.3 Å². The third kappa shape index (κ3) is 3.46. The van der Waals surface area contributed by atoms with Gasteiger partial charge in [0.1, 0.15) is 0 Å². The first-order valence-corrected chi connectivity index (χ1v) is 8.02. The van der Waals surface area contributed by atoms with Gasteiger partial charge in [0.05, 0.1) is 12.6 Å². The van der Waals surface area contributed by atoms with E-state index in [1.54, 1.807) is 16.2 Å². The molecule has 0 radical (unpaired) electrons. The summed E-state index contributed by atoms with van der Waals surface area (Å²) in [6, 6.07) is 13.0. The average Bonchev–Trinajstić information content (AvgIpc) is 3.16. The Morgan fingerprint density at radius 2 is 2.05 bits per heavy atom. The molecule has 5 nitrogen and oxygen atoms in total. The minimum Gasteiger partial charge on any atom is -0.333 e. The standard InChI is InChI=1S/C16H17N3O2S/c20-15-9-12(11-19(15)13-5-2-1-3-6-13)18-16(21)17-10-14-7-4-8-22-14/h1-8,12H,9-11H2,(H2,17,18,21). The van der Waals surface area contributed by atoms with Crippen molar-refractivity contribution in [3.8, 4) is 0 Å². The SMILES string of the molecule is O=C(NCc1cccs1)NC1CC(=O)N(c2ccccc2)C1. The van der Waals surface area contributed by atoms with Crippen LogP contribution in [0.15, 0.2) is 47.8 Å². The monoisotopic (exact) mass is 315 g/mol. The fourth-order valence-corrected chi connectivity index (χ4v) is 3.12. The summed E-state index contributed by atoms with van der Waals surface area (Å²) < 4.78 is 0. The van der Waals surface area contributed by atoms with Gasteiger partial charge < -0.3 is 15.5 Å². The van der Waals surface area contributed by atoms with E-state index in [4.69, 9.17) is 0 Å². The largest absolute Gasteiger partial charge is 0.333 e. The Hall–Kier alpha value is -2.34. The Balaban J connectivity index is 1.51. The number of amides is 3. The van der Waals surface area contributed by atoms with Crippen LogP contribution < -0.4 is 15.5 Å². The number of urea groups is 1. The zero-order chi connectivity index (χ0) is 15.4. The summed E-state index contributed by atoms with van der Waals surface area (Å²) in [4.78, 5) is 26.8. The molecule has 0 bridgehead atoms. The van der Waals surface area contributed by atoms with E-state index in [0.717, 1.165) is 10.6 Å². The highest BCUT2D eigenvalue weighted by Gasteiger charge is 2.31. The third-order valence-corrected chi connectivity index (χ3v) is 4.41.